The van der Waals surface area contributed by atoms with Crippen LogP contribution in [0.1, 0.15) is 24.6 Å². The zero-order valence-electron chi connectivity index (χ0n) is 12.2. The Labute approximate surface area is 125 Å². The molecular formula is C18H19N3. The van der Waals surface area contributed by atoms with Crippen LogP contribution in [0.3, 0.4) is 0 Å². The molecule has 1 aromatic heterocycles. The first-order chi connectivity index (χ1) is 10.4. The fourth-order valence-electron chi connectivity index (χ4n) is 2.45. The quantitative estimate of drug-likeness (QED) is 0.759. The predicted octanol–water partition coefficient (Wildman–Crippen LogP) is 4.19. The Bertz CT molecular complexity index is 737. The number of nitrogens with zero attached hydrogens (tertiary/aromatic N) is 2. The monoisotopic (exact) mass is 277 g/mol. The van der Waals surface area contributed by atoms with Crippen molar-refractivity contribution in [1.29, 1.82) is 0 Å². The number of fused-ring (bicyclic) bond motifs is 1. The summed E-state index contributed by atoms with van der Waals surface area (Å²) in [7, 11) is 0. The number of anilines is 1. The number of rotatable bonds is 5. The van der Waals surface area contributed by atoms with Crippen LogP contribution in [0.5, 0.6) is 0 Å². The molecule has 1 N–H and O–H groups in total. The molecule has 1 heterocycles. The van der Waals surface area contributed by atoms with Crippen molar-refractivity contribution in [2.45, 2.75) is 26.3 Å². The van der Waals surface area contributed by atoms with Gasteiger partial charge >= 0.3 is 0 Å². The molecule has 106 valence electrons. The molecule has 0 saturated carbocycles. The van der Waals surface area contributed by atoms with Gasteiger partial charge < -0.3 is 5.32 Å². The highest BCUT2D eigenvalue weighted by Gasteiger charge is 2.02. The lowest BCUT2D eigenvalue weighted by Crippen LogP contribution is -2.04. The third-order valence-electron chi connectivity index (χ3n) is 3.50. The van der Waals surface area contributed by atoms with Gasteiger partial charge in [-0.25, -0.2) is 4.98 Å². The topological polar surface area (TPSA) is 37.8 Å². The van der Waals surface area contributed by atoms with E-state index in [9.17, 15) is 0 Å². The number of aromatic nitrogens is 2. The molecule has 0 aliphatic carbocycles. The highest BCUT2D eigenvalue weighted by molar-refractivity contribution is 5.73. The Balaban J connectivity index is 1.77. The van der Waals surface area contributed by atoms with Crippen molar-refractivity contribution in [3.8, 4) is 0 Å². The van der Waals surface area contributed by atoms with Crippen LogP contribution in [0, 0.1) is 0 Å². The van der Waals surface area contributed by atoms with Crippen molar-refractivity contribution >= 4 is 16.7 Å². The minimum Gasteiger partial charge on any atom is -0.379 e. The minimum absolute atomic E-state index is 0.693. The van der Waals surface area contributed by atoms with Crippen molar-refractivity contribution in [1.82, 2.24) is 9.97 Å². The summed E-state index contributed by atoms with van der Waals surface area (Å²) >= 11 is 0. The van der Waals surface area contributed by atoms with Crippen LogP contribution in [0.25, 0.3) is 11.0 Å². The van der Waals surface area contributed by atoms with E-state index in [-0.39, 0.29) is 0 Å². The molecule has 0 radical (unpaired) electrons. The SMILES string of the molecule is CCCc1ccccc1NCc1cnc2ccccc2n1. The van der Waals surface area contributed by atoms with Crippen LogP contribution in [0.2, 0.25) is 0 Å². The Hall–Kier alpha value is -2.42. The molecular weight excluding hydrogens is 258 g/mol. The molecule has 0 spiro atoms. The summed E-state index contributed by atoms with van der Waals surface area (Å²) in [6, 6.07) is 16.4. The van der Waals surface area contributed by atoms with Crippen LogP contribution >= 0.6 is 0 Å². The van der Waals surface area contributed by atoms with E-state index in [1.54, 1.807) is 0 Å². The summed E-state index contributed by atoms with van der Waals surface area (Å²) in [6.45, 7) is 2.89. The van der Waals surface area contributed by atoms with Crippen molar-refractivity contribution in [3.05, 3.63) is 66.0 Å². The summed E-state index contributed by atoms with van der Waals surface area (Å²) in [5.41, 5.74) is 5.38. The number of para-hydroxylation sites is 3. The second kappa shape index (κ2) is 6.35. The van der Waals surface area contributed by atoms with Gasteiger partial charge in [-0.3, -0.25) is 4.98 Å². The molecule has 0 aliphatic heterocycles. The van der Waals surface area contributed by atoms with E-state index in [0.717, 1.165) is 29.6 Å². The lowest BCUT2D eigenvalue weighted by Gasteiger charge is -2.11. The van der Waals surface area contributed by atoms with Gasteiger partial charge in [0.2, 0.25) is 0 Å². The minimum atomic E-state index is 0.693. The van der Waals surface area contributed by atoms with Crippen molar-refractivity contribution in [2.75, 3.05) is 5.32 Å². The summed E-state index contributed by atoms with van der Waals surface area (Å²) in [4.78, 5) is 9.09. The average Bonchev–Trinajstić information content (AvgIpc) is 2.54. The zero-order valence-corrected chi connectivity index (χ0v) is 12.2. The van der Waals surface area contributed by atoms with E-state index < -0.39 is 0 Å². The van der Waals surface area contributed by atoms with Crippen LogP contribution in [0.4, 0.5) is 5.69 Å². The first-order valence-electron chi connectivity index (χ1n) is 7.39. The summed E-state index contributed by atoms with van der Waals surface area (Å²) in [5, 5.41) is 3.48. The van der Waals surface area contributed by atoms with Crippen LogP contribution in [0.15, 0.2) is 54.7 Å². The number of aryl methyl sites for hydroxylation is 1. The van der Waals surface area contributed by atoms with Gasteiger partial charge in [-0.05, 0) is 30.2 Å². The largest absolute Gasteiger partial charge is 0.379 e. The maximum absolute atomic E-state index is 4.64. The fourth-order valence-corrected chi connectivity index (χ4v) is 2.45. The first-order valence-corrected chi connectivity index (χ1v) is 7.39. The Morgan fingerprint density at radius 1 is 0.952 bits per heavy atom. The molecule has 0 atom stereocenters. The molecule has 0 saturated heterocycles. The fraction of sp³-hybridized carbons (Fsp3) is 0.222. The number of nitrogens with one attached hydrogen (secondary N) is 1. The van der Waals surface area contributed by atoms with Crippen molar-refractivity contribution in [3.63, 3.8) is 0 Å². The van der Waals surface area contributed by atoms with Gasteiger partial charge in [0.05, 0.1) is 29.5 Å². The van der Waals surface area contributed by atoms with Crippen molar-refractivity contribution < 1.29 is 0 Å². The molecule has 3 rings (SSSR count). The summed E-state index contributed by atoms with van der Waals surface area (Å²) in [5.74, 6) is 0. The van der Waals surface area contributed by atoms with E-state index in [0.29, 0.717) is 6.54 Å². The van der Waals surface area contributed by atoms with E-state index in [1.165, 1.54) is 11.3 Å². The average molecular weight is 277 g/mol. The van der Waals surface area contributed by atoms with E-state index >= 15 is 0 Å². The van der Waals surface area contributed by atoms with Crippen molar-refractivity contribution in [2.24, 2.45) is 0 Å². The summed E-state index contributed by atoms with van der Waals surface area (Å²) < 4.78 is 0. The molecule has 3 nitrogen and oxygen atoms in total. The zero-order chi connectivity index (χ0) is 14.5. The molecule has 2 aromatic carbocycles. The number of benzene rings is 2. The lowest BCUT2D eigenvalue weighted by atomic mass is 10.1. The van der Waals surface area contributed by atoms with Gasteiger partial charge in [0, 0.05) is 5.69 Å². The second-order valence-electron chi connectivity index (χ2n) is 5.11. The Kier molecular flexibility index (Phi) is 4.10. The highest BCUT2D eigenvalue weighted by atomic mass is 14.9. The second-order valence-corrected chi connectivity index (χ2v) is 5.11. The lowest BCUT2D eigenvalue weighted by molar-refractivity contribution is 0.917. The number of hydrogen-bond acceptors (Lipinski definition) is 3. The summed E-state index contributed by atoms with van der Waals surface area (Å²) in [6.07, 6.45) is 4.08. The molecule has 0 unspecified atom stereocenters. The van der Waals surface area contributed by atoms with Gasteiger partial charge in [-0.2, -0.15) is 0 Å². The van der Waals surface area contributed by atoms with Gasteiger partial charge in [-0.15, -0.1) is 0 Å². The van der Waals surface area contributed by atoms with Gasteiger partial charge in [0.15, 0.2) is 0 Å². The molecule has 21 heavy (non-hydrogen) atoms. The normalized spacial score (nSPS) is 10.7. The maximum atomic E-state index is 4.64. The Morgan fingerprint density at radius 2 is 1.71 bits per heavy atom. The van der Waals surface area contributed by atoms with Gasteiger partial charge in [0.25, 0.3) is 0 Å². The third kappa shape index (κ3) is 3.19. The molecule has 3 heteroatoms. The molecule has 0 aliphatic rings. The van der Waals surface area contributed by atoms with Crippen LogP contribution < -0.4 is 5.32 Å². The van der Waals surface area contributed by atoms with E-state index in [1.807, 2.05) is 30.5 Å². The van der Waals surface area contributed by atoms with Gasteiger partial charge in [0.1, 0.15) is 0 Å². The third-order valence-corrected chi connectivity index (χ3v) is 3.50. The molecule has 0 bridgehead atoms. The smallest absolute Gasteiger partial charge is 0.0890 e. The molecule has 3 aromatic rings. The standard InChI is InChI=1S/C18H19N3/c1-2-7-14-8-3-4-9-16(14)19-12-15-13-20-17-10-5-6-11-18(17)21-15/h3-6,8-11,13,19H,2,7,12H2,1H3. The highest BCUT2D eigenvalue weighted by Crippen LogP contribution is 2.18. The predicted molar refractivity (Wildman–Crippen MR) is 87.3 cm³/mol. The van der Waals surface area contributed by atoms with Gasteiger partial charge in [-0.1, -0.05) is 43.7 Å². The van der Waals surface area contributed by atoms with Crippen LogP contribution in [-0.2, 0) is 13.0 Å². The first kappa shape index (κ1) is 13.6. The Morgan fingerprint density at radius 3 is 2.57 bits per heavy atom. The maximum Gasteiger partial charge on any atom is 0.0890 e. The van der Waals surface area contributed by atoms with Crippen LogP contribution in [-0.4, -0.2) is 9.97 Å². The molecule has 0 amide bonds. The molecule has 0 fully saturated rings. The van der Waals surface area contributed by atoms with E-state index in [4.69, 9.17) is 0 Å². The van der Waals surface area contributed by atoms with E-state index in [2.05, 4.69) is 46.5 Å². The number of hydrogen-bond donors (Lipinski definition) is 1.